The van der Waals surface area contributed by atoms with Crippen LogP contribution in [0.1, 0.15) is 42.9 Å². The molecule has 1 aromatic heterocycles. The van der Waals surface area contributed by atoms with Crippen LogP contribution in [0.3, 0.4) is 0 Å². The first-order valence-corrected chi connectivity index (χ1v) is 14.2. The van der Waals surface area contributed by atoms with Gasteiger partial charge in [0.25, 0.3) is 0 Å². The van der Waals surface area contributed by atoms with Gasteiger partial charge in [-0.2, -0.15) is 0 Å². The second kappa shape index (κ2) is 8.47. The van der Waals surface area contributed by atoms with E-state index in [4.69, 9.17) is 4.42 Å². The Labute approximate surface area is 234 Å². The van der Waals surface area contributed by atoms with E-state index in [2.05, 4.69) is 110 Å². The minimum absolute atomic E-state index is 0.0308. The molecule has 3 aliphatic rings. The van der Waals surface area contributed by atoms with E-state index in [0.717, 1.165) is 46.7 Å². The average molecular weight is 519 g/mol. The van der Waals surface area contributed by atoms with Crippen LogP contribution in [-0.4, -0.2) is 5.11 Å². The monoisotopic (exact) mass is 518 g/mol. The molecule has 3 aliphatic carbocycles. The SMILES string of the molecule is CC12CC=CC=C1C(C1=CCCC=C1)(c1ccc(-c3ccc4c(c3)oc3cc(O)ccc34)cc1)c1ccccc12. The number of phenolic OH excluding ortho intramolecular Hbond substituents is 1. The molecular weight excluding hydrogens is 488 g/mol. The molecule has 0 spiro atoms. The third-order valence-corrected chi connectivity index (χ3v) is 9.39. The highest BCUT2D eigenvalue weighted by Gasteiger charge is 2.56. The van der Waals surface area contributed by atoms with Gasteiger partial charge >= 0.3 is 0 Å². The lowest BCUT2D eigenvalue weighted by atomic mass is 9.62. The maximum Gasteiger partial charge on any atom is 0.139 e. The van der Waals surface area contributed by atoms with Crippen molar-refractivity contribution in [3.8, 4) is 16.9 Å². The van der Waals surface area contributed by atoms with Gasteiger partial charge < -0.3 is 9.52 Å². The molecule has 8 rings (SSSR count). The fourth-order valence-electron chi connectivity index (χ4n) is 7.53. The van der Waals surface area contributed by atoms with Crippen molar-refractivity contribution in [1.29, 1.82) is 0 Å². The van der Waals surface area contributed by atoms with Crippen molar-refractivity contribution in [3.63, 3.8) is 0 Å². The van der Waals surface area contributed by atoms with Gasteiger partial charge in [0.2, 0.25) is 0 Å². The van der Waals surface area contributed by atoms with E-state index >= 15 is 0 Å². The number of furan rings is 1. The third-order valence-electron chi connectivity index (χ3n) is 9.39. The summed E-state index contributed by atoms with van der Waals surface area (Å²) in [6, 6.07) is 30.0. The van der Waals surface area contributed by atoms with Gasteiger partial charge in [0.15, 0.2) is 0 Å². The van der Waals surface area contributed by atoms with E-state index in [-0.39, 0.29) is 16.6 Å². The number of hydrogen-bond acceptors (Lipinski definition) is 2. The molecule has 2 atom stereocenters. The topological polar surface area (TPSA) is 33.4 Å². The van der Waals surface area contributed by atoms with Gasteiger partial charge in [0, 0.05) is 22.3 Å². The number of phenols is 1. The van der Waals surface area contributed by atoms with Gasteiger partial charge in [-0.15, -0.1) is 0 Å². The van der Waals surface area contributed by atoms with Crippen LogP contribution in [0.2, 0.25) is 0 Å². The Morgan fingerprint density at radius 2 is 1.50 bits per heavy atom. The largest absolute Gasteiger partial charge is 0.508 e. The fraction of sp³-hybridized carbons (Fsp3) is 0.158. The summed E-state index contributed by atoms with van der Waals surface area (Å²) in [5.41, 5.74) is 10.5. The maximum atomic E-state index is 9.89. The summed E-state index contributed by atoms with van der Waals surface area (Å²) in [5.74, 6) is 0.215. The number of aromatic hydroxyl groups is 1. The van der Waals surface area contributed by atoms with E-state index in [9.17, 15) is 5.11 Å². The minimum atomic E-state index is -0.309. The molecule has 0 radical (unpaired) electrons. The zero-order valence-electron chi connectivity index (χ0n) is 22.5. The molecule has 40 heavy (non-hydrogen) atoms. The molecule has 1 heterocycles. The second-order valence-corrected chi connectivity index (χ2v) is 11.6. The van der Waals surface area contributed by atoms with Crippen LogP contribution in [0.15, 0.2) is 137 Å². The Bertz CT molecular complexity index is 1950. The van der Waals surface area contributed by atoms with Gasteiger partial charge in [-0.25, -0.2) is 0 Å². The molecule has 2 heteroatoms. The van der Waals surface area contributed by atoms with E-state index in [0.29, 0.717) is 5.58 Å². The molecule has 0 saturated heterocycles. The predicted octanol–water partition coefficient (Wildman–Crippen LogP) is 9.68. The Balaban J connectivity index is 1.30. The molecule has 0 aliphatic heterocycles. The smallest absolute Gasteiger partial charge is 0.139 e. The first-order valence-electron chi connectivity index (χ1n) is 14.2. The Morgan fingerprint density at radius 1 is 0.750 bits per heavy atom. The predicted molar refractivity (Wildman–Crippen MR) is 164 cm³/mol. The standard InChI is InChI=1S/C38H30O2/c1-37-22-8-7-13-36(37)38(27-9-3-2-4-10-27,33-12-6-5-11-32(33)37)28-17-14-25(15-18-28)26-16-20-30-31-21-19-29(39)24-35(31)40-34(30)23-26/h3,5-21,23-24,39H,2,4,22H2,1H3. The van der Waals surface area contributed by atoms with Crippen LogP contribution in [-0.2, 0) is 10.8 Å². The summed E-state index contributed by atoms with van der Waals surface area (Å²) in [7, 11) is 0. The van der Waals surface area contributed by atoms with Gasteiger partial charge in [0.1, 0.15) is 16.9 Å². The molecule has 4 aromatic carbocycles. The van der Waals surface area contributed by atoms with Gasteiger partial charge in [-0.05, 0) is 82.5 Å². The summed E-state index contributed by atoms with van der Waals surface area (Å²) in [5, 5.41) is 12.0. The molecule has 1 N–H and O–H groups in total. The van der Waals surface area contributed by atoms with Crippen LogP contribution in [0.5, 0.6) is 5.75 Å². The van der Waals surface area contributed by atoms with Crippen molar-refractivity contribution in [1.82, 2.24) is 0 Å². The van der Waals surface area contributed by atoms with E-state index in [1.807, 2.05) is 6.07 Å². The molecule has 0 bridgehead atoms. The van der Waals surface area contributed by atoms with E-state index < -0.39 is 0 Å². The third kappa shape index (κ3) is 3.11. The average Bonchev–Trinajstić information content (AvgIpc) is 3.47. The maximum absolute atomic E-state index is 9.89. The van der Waals surface area contributed by atoms with E-state index in [1.165, 1.54) is 27.8 Å². The van der Waals surface area contributed by atoms with Crippen molar-refractivity contribution in [2.45, 2.75) is 37.0 Å². The molecule has 0 saturated carbocycles. The Morgan fingerprint density at radius 3 is 2.30 bits per heavy atom. The summed E-state index contributed by atoms with van der Waals surface area (Å²) in [6.07, 6.45) is 17.3. The summed E-state index contributed by atoms with van der Waals surface area (Å²) < 4.78 is 6.12. The summed E-state index contributed by atoms with van der Waals surface area (Å²) >= 11 is 0. The Kier molecular flexibility index (Phi) is 4.94. The molecule has 194 valence electrons. The highest BCUT2D eigenvalue weighted by molar-refractivity contribution is 6.06. The number of rotatable bonds is 3. The number of allylic oxidation sites excluding steroid dienone is 8. The normalized spacial score (nSPS) is 23.2. The first-order chi connectivity index (χ1) is 19.6. The number of benzene rings is 4. The van der Waals surface area contributed by atoms with Crippen LogP contribution in [0.25, 0.3) is 33.1 Å². The number of hydrogen-bond donors (Lipinski definition) is 1. The van der Waals surface area contributed by atoms with Crippen molar-refractivity contribution in [2.24, 2.45) is 0 Å². The zero-order valence-corrected chi connectivity index (χ0v) is 22.5. The molecule has 0 fully saturated rings. The van der Waals surface area contributed by atoms with E-state index in [1.54, 1.807) is 12.1 Å². The van der Waals surface area contributed by atoms with Crippen molar-refractivity contribution in [3.05, 3.63) is 149 Å². The Hall–Kier alpha value is -4.56. The van der Waals surface area contributed by atoms with Crippen molar-refractivity contribution in [2.75, 3.05) is 0 Å². The van der Waals surface area contributed by atoms with Crippen molar-refractivity contribution < 1.29 is 9.52 Å². The van der Waals surface area contributed by atoms with Crippen LogP contribution < -0.4 is 0 Å². The lowest BCUT2D eigenvalue weighted by Gasteiger charge is -2.40. The molecule has 0 amide bonds. The highest BCUT2D eigenvalue weighted by Crippen LogP contribution is 2.62. The zero-order chi connectivity index (χ0) is 26.9. The first kappa shape index (κ1) is 23.3. The fourth-order valence-corrected chi connectivity index (χ4v) is 7.53. The van der Waals surface area contributed by atoms with Crippen LogP contribution in [0, 0.1) is 0 Å². The van der Waals surface area contributed by atoms with Gasteiger partial charge in [-0.3, -0.25) is 0 Å². The van der Waals surface area contributed by atoms with Crippen molar-refractivity contribution >= 4 is 21.9 Å². The van der Waals surface area contributed by atoms with Crippen LogP contribution >= 0.6 is 0 Å². The molecule has 5 aromatic rings. The molecule has 2 unspecified atom stereocenters. The van der Waals surface area contributed by atoms with Crippen LogP contribution in [0.4, 0.5) is 0 Å². The summed E-state index contributed by atoms with van der Waals surface area (Å²) in [4.78, 5) is 0. The van der Waals surface area contributed by atoms with Gasteiger partial charge in [-0.1, -0.05) is 98.0 Å². The minimum Gasteiger partial charge on any atom is -0.508 e. The van der Waals surface area contributed by atoms with Gasteiger partial charge in [0.05, 0.1) is 5.41 Å². The highest BCUT2D eigenvalue weighted by atomic mass is 16.3. The molecular formula is C38H30O2. The molecule has 2 nitrogen and oxygen atoms in total. The quantitative estimate of drug-likeness (QED) is 0.258. The lowest BCUT2D eigenvalue weighted by Crippen LogP contribution is -2.34. The lowest BCUT2D eigenvalue weighted by molar-refractivity contribution is 0.475. The number of fused-ring (bicyclic) bond motifs is 6. The second-order valence-electron chi connectivity index (χ2n) is 11.6. The summed E-state index contributed by atoms with van der Waals surface area (Å²) in [6.45, 7) is 2.42.